The third-order valence-corrected chi connectivity index (χ3v) is 4.97. The Kier molecular flexibility index (Phi) is 4.82. The number of ether oxygens (including phenoxy) is 1. The molecular formula is C17H11BrClN5O4. The van der Waals surface area contributed by atoms with Crippen LogP contribution in [0.3, 0.4) is 0 Å². The van der Waals surface area contributed by atoms with Crippen molar-refractivity contribution in [2.24, 2.45) is 0 Å². The number of aromatic nitrogens is 4. The number of nitro groups is 1. The summed E-state index contributed by atoms with van der Waals surface area (Å²) in [6.45, 7) is 0. The molecule has 2 aromatic heterocycles. The molecule has 0 radical (unpaired) electrons. The Labute approximate surface area is 171 Å². The molecule has 0 saturated carbocycles. The zero-order chi connectivity index (χ0) is 19.8. The molecule has 0 N–H and O–H groups in total. The van der Waals surface area contributed by atoms with E-state index in [9.17, 15) is 14.9 Å². The van der Waals surface area contributed by atoms with Crippen molar-refractivity contribution < 1.29 is 14.5 Å². The first-order chi connectivity index (χ1) is 13.4. The quantitative estimate of drug-likeness (QED) is 0.327. The lowest BCUT2D eigenvalue weighted by Gasteiger charge is -2.13. The van der Waals surface area contributed by atoms with Crippen molar-refractivity contribution in [3.63, 3.8) is 0 Å². The average Bonchev–Trinajstić information content (AvgIpc) is 3.20. The third kappa shape index (κ3) is 3.36. The lowest BCUT2D eigenvalue weighted by atomic mass is 10.1. The van der Waals surface area contributed by atoms with Gasteiger partial charge in [-0.3, -0.25) is 15.1 Å². The Balaban J connectivity index is 1.59. The molecular weight excluding hydrogens is 454 g/mol. The largest absolute Gasteiger partial charge is 0.450 e. The zero-order valence-corrected chi connectivity index (χ0v) is 16.4. The second kappa shape index (κ2) is 7.28. The molecule has 0 unspecified atom stereocenters. The lowest BCUT2D eigenvalue weighted by Crippen LogP contribution is -2.11. The summed E-state index contributed by atoms with van der Waals surface area (Å²) >= 11 is 9.50. The van der Waals surface area contributed by atoms with Crippen molar-refractivity contribution in [2.75, 3.05) is 0 Å². The van der Waals surface area contributed by atoms with E-state index < -0.39 is 17.0 Å². The maximum atomic E-state index is 12.5. The molecule has 0 fully saturated rings. The highest BCUT2D eigenvalue weighted by atomic mass is 79.9. The molecule has 142 valence electrons. The third-order valence-electron chi connectivity index (χ3n) is 4.32. The highest BCUT2D eigenvalue weighted by molar-refractivity contribution is 9.10. The molecule has 0 spiro atoms. The van der Waals surface area contributed by atoms with Gasteiger partial charge in [0, 0.05) is 24.8 Å². The minimum Gasteiger partial charge on any atom is -0.450 e. The van der Waals surface area contributed by atoms with Gasteiger partial charge in [-0.25, -0.2) is 14.5 Å². The Morgan fingerprint density at radius 1 is 1.32 bits per heavy atom. The fourth-order valence-corrected chi connectivity index (χ4v) is 3.65. The summed E-state index contributed by atoms with van der Waals surface area (Å²) in [5, 5.41) is 15.5. The second-order valence-corrected chi connectivity index (χ2v) is 7.12. The van der Waals surface area contributed by atoms with E-state index in [4.69, 9.17) is 16.3 Å². The van der Waals surface area contributed by atoms with Gasteiger partial charge in [-0.05, 0) is 40.2 Å². The summed E-state index contributed by atoms with van der Waals surface area (Å²) in [6.07, 6.45) is 1.34. The summed E-state index contributed by atoms with van der Waals surface area (Å²) in [5.41, 5.74) is 0.706. The van der Waals surface area contributed by atoms with E-state index in [0.29, 0.717) is 27.7 Å². The zero-order valence-electron chi connectivity index (χ0n) is 14.0. The highest BCUT2D eigenvalue weighted by Crippen LogP contribution is 2.41. The number of pyridine rings is 1. The van der Waals surface area contributed by atoms with E-state index in [1.807, 2.05) is 0 Å². The van der Waals surface area contributed by atoms with Crippen LogP contribution in [0.25, 0.3) is 0 Å². The molecule has 0 bridgehead atoms. The molecule has 1 aromatic carbocycles. The van der Waals surface area contributed by atoms with Gasteiger partial charge in [0.05, 0.1) is 21.2 Å². The first kappa shape index (κ1) is 18.5. The Bertz CT molecular complexity index is 1070. The molecule has 1 aliphatic heterocycles. The van der Waals surface area contributed by atoms with Gasteiger partial charge in [0.2, 0.25) is 4.73 Å². The molecule has 28 heavy (non-hydrogen) atoms. The molecule has 0 saturated heterocycles. The van der Waals surface area contributed by atoms with Crippen molar-refractivity contribution in [1.82, 2.24) is 19.7 Å². The van der Waals surface area contributed by atoms with Gasteiger partial charge < -0.3 is 4.74 Å². The summed E-state index contributed by atoms with van der Waals surface area (Å²) in [6, 6.07) is 8.32. The van der Waals surface area contributed by atoms with Gasteiger partial charge in [0.1, 0.15) is 6.04 Å². The maximum Gasteiger partial charge on any atom is 0.338 e. The van der Waals surface area contributed by atoms with Gasteiger partial charge in [-0.15, -0.1) is 5.10 Å². The summed E-state index contributed by atoms with van der Waals surface area (Å²) in [5.74, 6) is -0.146. The van der Waals surface area contributed by atoms with Crippen LogP contribution in [0, 0.1) is 10.1 Å². The van der Waals surface area contributed by atoms with Crippen LogP contribution in [0.5, 0.6) is 0 Å². The van der Waals surface area contributed by atoms with E-state index in [0.717, 1.165) is 0 Å². The predicted octanol–water partition coefficient (Wildman–Crippen LogP) is 3.89. The molecule has 3 aromatic rings. The summed E-state index contributed by atoms with van der Waals surface area (Å²) in [7, 11) is 0. The van der Waals surface area contributed by atoms with E-state index in [2.05, 4.69) is 31.0 Å². The van der Waals surface area contributed by atoms with Crippen molar-refractivity contribution >= 4 is 39.2 Å². The second-order valence-electron chi connectivity index (χ2n) is 6.00. The topological polar surface area (TPSA) is 113 Å². The Hall–Kier alpha value is -2.85. The molecule has 11 heteroatoms. The number of nitro benzene ring substituents is 1. The summed E-state index contributed by atoms with van der Waals surface area (Å²) in [4.78, 5) is 31.3. The van der Waals surface area contributed by atoms with E-state index in [1.54, 1.807) is 23.0 Å². The van der Waals surface area contributed by atoms with Gasteiger partial charge in [-0.2, -0.15) is 0 Å². The molecule has 0 aliphatic carbocycles. The van der Waals surface area contributed by atoms with Gasteiger partial charge >= 0.3 is 5.97 Å². The van der Waals surface area contributed by atoms with E-state index in [1.165, 1.54) is 24.3 Å². The number of rotatable bonds is 4. The van der Waals surface area contributed by atoms with Crippen LogP contribution >= 0.6 is 27.5 Å². The van der Waals surface area contributed by atoms with Crippen molar-refractivity contribution in [2.45, 2.75) is 18.6 Å². The van der Waals surface area contributed by atoms with Crippen LogP contribution in [0.15, 0.2) is 47.3 Å². The number of non-ortho nitro benzene ring substituents is 1. The molecule has 4 rings (SSSR count). The Morgan fingerprint density at radius 3 is 2.75 bits per heavy atom. The van der Waals surface area contributed by atoms with Gasteiger partial charge in [0.25, 0.3) is 5.69 Å². The van der Waals surface area contributed by atoms with E-state index >= 15 is 0 Å². The van der Waals surface area contributed by atoms with Gasteiger partial charge in [0.15, 0.2) is 11.9 Å². The first-order valence-electron chi connectivity index (χ1n) is 8.12. The van der Waals surface area contributed by atoms with Crippen LogP contribution in [0.4, 0.5) is 5.69 Å². The number of esters is 1. The first-order valence-corrected chi connectivity index (χ1v) is 9.29. The average molecular weight is 465 g/mol. The number of benzene rings is 1. The minimum atomic E-state index is -0.662. The van der Waals surface area contributed by atoms with E-state index in [-0.39, 0.29) is 17.3 Å². The molecule has 3 heterocycles. The molecule has 2 atom stereocenters. The fourth-order valence-electron chi connectivity index (χ4n) is 3.05. The van der Waals surface area contributed by atoms with Crippen LogP contribution < -0.4 is 0 Å². The van der Waals surface area contributed by atoms with Crippen molar-refractivity contribution in [1.29, 1.82) is 0 Å². The lowest BCUT2D eigenvalue weighted by molar-refractivity contribution is -0.384. The molecule has 1 aliphatic rings. The standard InChI is InChI=1S/C17H11BrClN5O4/c18-17-21-15-13(28-16(25)9-3-5-10(6-4-9)24(26)27)8-12(23(15)22-17)14-11(19)2-1-7-20-14/h1-7,12-13H,8H2/t12-,13+/m0/s1. The highest BCUT2D eigenvalue weighted by Gasteiger charge is 2.39. The predicted molar refractivity (Wildman–Crippen MR) is 101 cm³/mol. The SMILES string of the molecule is O=C(O[C@@H]1C[C@@H](c2ncccc2Cl)n2nc(Br)nc21)c1ccc([N+](=O)[O-])cc1. The van der Waals surface area contributed by atoms with Crippen molar-refractivity contribution in [3.8, 4) is 0 Å². The van der Waals surface area contributed by atoms with Crippen LogP contribution in [0.2, 0.25) is 5.02 Å². The normalized spacial score (nSPS) is 17.9. The minimum absolute atomic E-state index is 0.106. The van der Waals surface area contributed by atoms with Crippen molar-refractivity contribution in [3.05, 3.63) is 79.5 Å². The number of carbonyl (C=O) groups excluding carboxylic acids is 1. The molecule has 0 amide bonds. The monoisotopic (exact) mass is 463 g/mol. The van der Waals surface area contributed by atoms with Gasteiger partial charge in [-0.1, -0.05) is 11.6 Å². The van der Waals surface area contributed by atoms with Crippen LogP contribution in [-0.4, -0.2) is 30.6 Å². The molecule has 9 nitrogen and oxygen atoms in total. The maximum absolute atomic E-state index is 12.5. The van der Waals surface area contributed by atoms with Crippen LogP contribution in [0.1, 0.15) is 40.4 Å². The number of carbonyl (C=O) groups is 1. The van der Waals surface area contributed by atoms with Crippen LogP contribution in [-0.2, 0) is 4.74 Å². The summed E-state index contributed by atoms with van der Waals surface area (Å²) < 4.78 is 7.59. The number of fused-ring (bicyclic) bond motifs is 1. The smallest absolute Gasteiger partial charge is 0.338 e. The number of hydrogen-bond donors (Lipinski definition) is 0. The fraction of sp³-hybridized carbons (Fsp3) is 0.176. The number of nitrogens with zero attached hydrogens (tertiary/aromatic N) is 5. The Morgan fingerprint density at radius 2 is 2.07 bits per heavy atom. The number of halogens is 2. The number of hydrogen-bond acceptors (Lipinski definition) is 7.